The molecule has 1 amide bonds. The molecule has 2 aromatic rings. The van der Waals surface area contributed by atoms with E-state index in [4.69, 9.17) is 13.9 Å². The number of piperidine rings is 1. The summed E-state index contributed by atoms with van der Waals surface area (Å²) in [6.45, 7) is 0.544. The minimum absolute atomic E-state index is 0.101. The summed E-state index contributed by atoms with van der Waals surface area (Å²) in [5.74, 6) is -0.965. The molecule has 0 spiro atoms. The SMILES string of the molecule is COc1ccc(OCC(=O)N2CCCC(c3nnc(C(F)(F)F)o3)C2)cc1. The Balaban J connectivity index is 1.56. The number of methoxy groups -OCH3 is 1. The van der Waals surface area contributed by atoms with E-state index in [-0.39, 0.29) is 24.9 Å². The highest BCUT2D eigenvalue weighted by Crippen LogP contribution is 2.32. The Bertz CT molecular complexity index is 776. The van der Waals surface area contributed by atoms with Crippen molar-refractivity contribution in [3.8, 4) is 11.5 Å². The number of hydrogen-bond acceptors (Lipinski definition) is 6. The first kappa shape index (κ1) is 19.0. The highest BCUT2D eigenvalue weighted by Gasteiger charge is 2.39. The number of amides is 1. The highest BCUT2D eigenvalue weighted by atomic mass is 19.4. The van der Waals surface area contributed by atoms with Crippen molar-refractivity contribution in [1.29, 1.82) is 0 Å². The first-order valence-electron chi connectivity index (χ1n) is 8.32. The normalized spacial score (nSPS) is 17.6. The maximum absolute atomic E-state index is 12.6. The van der Waals surface area contributed by atoms with Crippen LogP contribution < -0.4 is 9.47 Å². The third-order valence-electron chi connectivity index (χ3n) is 4.23. The van der Waals surface area contributed by atoms with Gasteiger partial charge in [0.25, 0.3) is 5.91 Å². The molecule has 10 heteroatoms. The maximum Gasteiger partial charge on any atom is 0.470 e. The lowest BCUT2D eigenvalue weighted by Gasteiger charge is -2.31. The molecule has 1 fully saturated rings. The zero-order valence-electron chi connectivity index (χ0n) is 14.5. The van der Waals surface area contributed by atoms with Crippen LogP contribution in [0.3, 0.4) is 0 Å². The lowest BCUT2D eigenvalue weighted by atomic mass is 9.98. The average molecular weight is 385 g/mol. The van der Waals surface area contributed by atoms with Crippen LogP contribution in [0.15, 0.2) is 28.7 Å². The van der Waals surface area contributed by atoms with Crippen LogP contribution >= 0.6 is 0 Å². The van der Waals surface area contributed by atoms with Crippen LogP contribution in [0, 0.1) is 0 Å². The lowest BCUT2D eigenvalue weighted by Crippen LogP contribution is -2.41. The van der Waals surface area contributed by atoms with Gasteiger partial charge in [-0.3, -0.25) is 4.79 Å². The zero-order valence-corrected chi connectivity index (χ0v) is 14.5. The molecule has 27 heavy (non-hydrogen) atoms. The van der Waals surface area contributed by atoms with Gasteiger partial charge in [0.2, 0.25) is 5.89 Å². The summed E-state index contributed by atoms with van der Waals surface area (Å²) in [5, 5.41) is 6.53. The lowest BCUT2D eigenvalue weighted by molar-refractivity contribution is -0.157. The van der Waals surface area contributed by atoms with Crippen LogP contribution in [-0.4, -0.2) is 47.8 Å². The first-order valence-corrected chi connectivity index (χ1v) is 8.32. The van der Waals surface area contributed by atoms with E-state index in [1.165, 1.54) is 4.90 Å². The van der Waals surface area contributed by atoms with E-state index in [0.29, 0.717) is 30.9 Å². The Kier molecular flexibility index (Phi) is 5.52. The number of nitrogens with zero attached hydrogens (tertiary/aromatic N) is 3. The minimum Gasteiger partial charge on any atom is -0.497 e. The monoisotopic (exact) mass is 385 g/mol. The topological polar surface area (TPSA) is 77.7 Å². The number of alkyl halides is 3. The van der Waals surface area contributed by atoms with Gasteiger partial charge in [0.05, 0.1) is 13.0 Å². The molecule has 1 atom stereocenters. The Hall–Kier alpha value is -2.78. The Morgan fingerprint density at radius 3 is 2.59 bits per heavy atom. The van der Waals surface area contributed by atoms with Crippen LogP contribution in [0.4, 0.5) is 13.2 Å². The average Bonchev–Trinajstić information content (AvgIpc) is 3.17. The summed E-state index contributed by atoms with van der Waals surface area (Å²) in [4.78, 5) is 13.9. The van der Waals surface area contributed by atoms with Crippen molar-refractivity contribution in [2.24, 2.45) is 0 Å². The number of rotatable bonds is 5. The van der Waals surface area contributed by atoms with Gasteiger partial charge in [-0.2, -0.15) is 13.2 Å². The molecular weight excluding hydrogens is 367 g/mol. The van der Waals surface area contributed by atoms with E-state index in [1.54, 1.807) is 31.4 Å². The Morgan fingerprint density at radius 1 is 1.26 bits per heavy atom. The van der Waals surface area contributed by atoms with Crippen molar-refractivity contribution >= 4 is 5.91 Å². The molecule has 1 aliphatic heterocycles. The Labute approximate surface area is 153 Å². The second-order valence-corrected chi connectivity index (χ2v) is 6.09. The molecule has 1 unspecified atom stereocenters. The van der Waals surface area contributed by atoms with E-state index in [0.717, 1.165) is 0 Å². The van der Waals surface area contributed by atoms with Gasteiger partial charge >= 0.3 is 12.1 Å². The number of hydrogen-bond donors (Lipinski definition) is 0. The van der Waals surface area contributed by atoms with Crippen LogP contribution in [0.25, 0.3) is 0 Å². The molecule has 0 aliphatic carbocycles. The van der Waals surface area contributed by atoms with E-state index < -0.39 is 18.0 Å². The molecule has 0 radical (unpaired) electrons. The molecule has 1 aromatic carbocycles. The molecule has 0 saturated carbocycles. The molecule has 1 saturated heterocycles. The first-order chi connectivity index (χ1) is 12.9. The van der Waals surface area contributed by atoms with E-state index in [9.17, 15) is 18.0 Å². The molecule has 2 heterocycles. The van der Waals surface area contributed by atoms with Gasteiger partial charge < -0.3 is 18.8 Å². The van der Waals surface area contributed by atoms with Gasteiger partial charge in [-0.25, -0.2) is 0 Å². The predicted octanol–water partition coefficient (Wildman–Crippen LogP) is 2.88. The standard InChI is InChI=1S/C17H18F3N3O4/c1-25-12-4-6-13(7-5-12)26-10-14(24)23-8-2-3-11(9-23)15-21-22-16(27-15)17(18,19)20/h4-7,11H,2-3,8-10H2,1H3. The third-order valence-corrected chi connectivity index (χ3v) is 4.23. The smallest absolute Gasteiger partial charge is 0.470 e. The largest absolute Gasteiger partial charge is 0.497 e. The number of ether oxygens (including phenoxy) is 2. The molecule has 7 nitrogen and oxygen atoms in total. The predicted molar refractivity (Wildman–Crippen MR) is 86.3 cm³/mol. The van der Waals surface area contributed by atoms with Crippen LogP contribution in [0.1, 0.15) is 30.5 Å². The quantitative estimate of drug-likeness (QED) is 0.788. The van der Waals surface area contributed by atoms with Crippen molar-refractivity contribution in [2.75, 3.05) is 26.8 Å². The Morgan fingerprint density at radius 2 is 1.96 bits per heavy atom. The van der Waals surface area contributed by atoms with Crippen LogP contribution in [0.5, 0.6) is 11.5 Å². The number of benzene rings is 1. The molecule has 0 N–H and O–H groups in total. The van der Waals surface area contributed by atoms with E-state index in [1.807, 2.05) is 0 Å². The second kappa shape index (κ2) is 7.85. The minimum atomic E-state index is -4.68. The third kappa shape index (κ3) is 4.69. The van der Waals surface area contributed by atoms with Crippen molar-refractivity contribution in [3.05, 3.63) is 36.0 Å². The molecule has 1 aliphatic rings. The summed E-state index contributed by atoms with van der Waals surface area (Å²) in [6.07, 6.45) is -3.48. The second-order valence-electron chi connectivity index (χ2n) is 6.09. The van der Waals surface area contributed by atoms with Crippen molar-refractivity contribution < 1.29 is 31.9 Å². The van der Waals surface area contributed by atoms with E-state index in [2.05, 4.69) is 10.2 Å². The van der Waals surface area contributed by atoms with Gasteiger partial charge in [0, 0.05) is 13.1 Å². The van der Waals surface area contributed by atoms with Crippen LogP contribution in [0.2, 0.25) is 0 Å². The molecule has 146 valence electrons. The van der Waals surface area contributed by atoms with Gasteiger partial charge in [-0.05, 0) is 37.1 Å². The van der Waals surface area contributed by atoms with Gasteiger partial charge in [0.15, 0.2) is 6.61 Å². The number of likely N-dealkylation sites (tertiary alicyclic amines) is 1. The maximum atomic E-state index is 12.6. The summed E-state index contributed by atoms with van der Waals surface area (Å²) in [7, 11) is 1.55. The fraction of sp³-hybridized carbons (Fsp3) is 0.471. The van der Waals surface area contributed by atoms with Crippen LogP contribution in [-0.2, 0) is 11.0 Å². The molecule has 1 aromatic heterocycles. The summed E-state index contributed by atoms with van der Waals surface area (Å²) >= 11 is 0. The fourth-order valence-electron chi connectivity index (χ4n) is 2.83. The van der Waals surface area contributed by atoms with E-state index >= 15 is 0 Å². The summed E-state index contributed by atoms with van der Waals surface area (Å²) in [6, 6.07) is 6.79. The van der Waals surface area contributed by atoms with Crippen molar-refractivity contribution in [1.82, 2.24) is 15.1 Å². The summed E-state index contributed by atoms with van der Waals surface area (Å²) in [5.41, 5.74) is 0. The summed E-state index contributed by atoms with van der Waals surface area (Å²) < 4.78 is 53.0. The van der Waals surface area contributed by atoms with Gasteiger partial charge in [0.1, 0.15) is 11.5 Å². The highest BCUT2D eigenvalue weighted by molar-refractivity contribution is 5.78. The molecule has 3 rings (SSSR count). The van der Waals surface area contributed by atoms with Gasteiger partial charge in [-0.15, -0.1) is 10.2 Å². The fourth-order valence-corrected chi connectivity index (χ4v) is 2.83. The molecule has 0 bridgehead atoms. The number of carbonyl (C=O) groups is 1. The molecular formula is C17H18F3N3O4. The van der Waals surface area contributed by atoms with Crippen molar-refractivity contribution in [2.45, 2.75) is 24.9 Å². The zero-order chi connectivity index (χ0) is 19.4. The van der Waals surface area contributed by atoms with Crippen molar-refractivity contribution in [3.63, 3.8) is 0 Å². The number of halogens is 3. The number of aromatic nitrogens is 2. The number of carbonyl (C=O) groups excluding carboxylic acids is 1. The van der Waals surface area contributed by atoms with Gasteiger partial charge in [-0.1, -0.05) is 0 Å².